The highest BCUT2D eigenvalue weighted by atomic mass is 32.2. The third-order valence-electron chi connectivity index (χ3n) is 3.56. The zero-order valence-corrected chi connectivity index (χ0v) is 17.9. The first-order chi connectivity index (χ1) is 14.9. The molecule has 0 aliphatic rings. The van der Waals surface area contributed by atoms with Crippen molar-refractivity contribution in [3.8, 4) is 0 Å². The first-order valence-corrected chi connectivity index (χ1v) is 11.7. The summed E-state index contributed by atoms with van der Waals surface area (Å²) >= 11 is 1.07. The van der Waals surface area contributed by atoms with Crippen LogP contribution in [0.5, 0.6) is 0 Å². The molecule has 3 N–H and O–H groups in total. The quantitative estimate of drug-likeness (QED) is 0.118. The molecule has 0 aliphatic carbocycles. The molecule has 0 fully saturated rings. The fourth-order valence-electron chi connectivity index (χ4n) is 2.24. The summed E-state index contributed by atoms with van der Waals surface area (Å²) in [6, 6.07) is 2.03. The van der Waals surface area contributed by atoms with Crippen molar-refractivity contribution in [1.29, 1.82) is 0 Å². The third kappa shape index (κ3) is 7.76. The van der Waals surface area contributed by atoms with Crippen LogP contribution in [-0.4, -0.2) is 60.0 Å². The lowest BCUT2D eigenvalue weighted by molar-refractivity contribution is -0.140. The highest BCUT2D eigenvalue weighted by molar-refractivity contribution is 7.99. The maximum Gasteiger partial charge on any atom is 0.419 e. The first-order valence-electron chi connectivity index (χ1n) is 8.66. The van der Waals surface area contributed by atoms with E-state index >= 15 is 0 Å². The van der Waals surface area contributed by atoms with Gasteiger partial charge in [-0.05, 0) is 34.9 Å². The standard InChI is InChI=1S/C16H17F4N5O5S2/c1-32(28,29)8-12(26)21-5-2-6-31-15-13(24-30-25-15)14(23-27)22-9-3-4-11(17)10(7-9)16(18,19)20/h3-4,7,27H,2,5-6,8H2,1H3,(H,21,26)(H,22,23). The van der Waals surface area contributed by atoms with Crippen LogP contribution in [0.2, 0.25) is 0 Å². The van der Waals surface area contributed by atoms with Crippen molar-refractivity contribution in [2.75, 3.05) is 24.3 Å². The second-order valence-corrected chi connectivity index (χ2v) is 9.50. The van der Waals surface area contributed by atoms with E-state index in [4.69, 9.17) is 0 Å². The number of aromatic nitrogens is 2. The number of carbonyl (C=O) groups is 1. The van der Waals surface area contributed by atoms with E-state index in [0.717, 1.165) is 24.1 Å². The number of hydrogen-bond donors (Lipinski definition) is 3. The van der Waals surface area contributed by atoms with Crippen molar-refractivity contribution in [2.45, 2.75) is 17.6 Å². The van der Waals surface area contributed by atoms with Crippen molar-refractivity contribution < 1.29 is 40.6 Å². The number of halogens is 4. The van der Waals surface area contributed by atoms with Gasteiger partial charge in [-0.15, -0.1) is 11.8 Å². The third-order valence-corrected chi connectivity index (χ3v) is 5.38. The van der Waals surface area contributed by atoms with Gasteiger partial charge in [0.2, 0.25) is 5.91 Å². The number of hydrogen-bond acceptors (Lipinski definition) is 9. The van der Waals surface area contributed by atoms with Crippen LogP contribution in [0.3, 0.4) is 0 Å². The molecule has 0 unspecified atom stereocenters. The van der Waals surface area contributed by atoms with E-state index < -0.39 is 44.9 Å². The van der Waals surface area contributed by atoms with Crippen LogP contribution < -0.4 is 10.8 Å². The fraction of sp³-hybridized carbons (Fsp3) is 0.375. The number of rotatable bonds is 9. The monoisotopic (exact) mass is 499 g/mol. The molecule has 0 atom stereocenters. The number of nitrogens with zero attached hydrogens (tertiary/aromatic N) is 3. The van der Waals surface area contributed by atoms with Crippen molar-refractivity contribution in [1.82, 2.24) is 21.1 Å². The number of aliphatic imine (C=N–C) groups is 1. The van der Waals surface area contributed by atoms with Gasteiger partial charge in [0.25, 0.3) is 0 Å². The predicted octanol–water partition coefficient (Wildman–Crippen LogP) is 1.93. The highest BCUT2D eigenvalue weighted by Crippen LogP contribution is 2.34. The zero-order chi connectivity index (χ0) is 23.9. The molecule has 0 saturated heterocycles. The van der Waals surface area contributed by atoms with Gasteiger partial charge in [0.1, 0.15) is 11.6 Å². The lowest BCUT2D eigenvalue weighted by atomic mass is 10.2. The minimum Gasteiger partial charge on any atom is -0.355 e. The Morgan fingerprint density at radius 2 is 2.03 bits per heavy atom. The van der Waals surface area contributed by atoms with Crippen LogP contribution in [0, 0.1) is 5.82 Å². The Labute approximate surface area is 183 Å². The molecule has 0 radical (unpaired) electrons. The molecule has 32 heavy (non-hydrogen) atoms. The molecular weight excluding hydrogens is 482 g/mol. The summed E-state index contributed by atoms with van der Waals surface area (Å²) in [6.45, 7) is 0.178. The van der Waals surface area contributed by atoms with Gasteiger partial charge >= 0.3 is 6.18 Å². The van der Waals surface area contributed by atoms with Crippen molar-refractivity contribution >= 4 is 39.0 Å². The highest BCUT2D eigenvalue weighted by Gasteiger charge is 2.34. The van der Waals surface area contributed by atoms with E-state index in [-0.39, 0.29) is 23.0 Å². The fourth-order valence-corrected chi connectivity index (χ4v) is 3.65. The molecule has 10 nitrogen and oxygen atoms in total. The van der Waals surface area contributed by atoms with Crippen LogP contribution >= 0.6 is 11.8 Å². The van der Waals surface area contributed by atoms with E-state index in [1.807, 2.05) is 0 Å². The minimum atomic E-state index is -4.93. The Morgan fingerprint density at radius 3 is 2.66 bits per heavy atom. The maximum absolute atomic E-state index is 13.4. The van der Waals surface area contributed by atoms with Gasteiger partial charge < -0.3 is 5.32 Å². The molecule has 16 heteroatoms. The Balaban J connectivity index is 2.04. The molecule has 1 aromatic heterocycles. The molecule has 1 amide bonds. The summed E-state index contributed by atoms with van der Waals surface area (Å²) in [5.74, 6) is -2.78. The van der Waals surface area contributed by atoms with Crippen LogP contribution in [0.1, 0.15) is 17.7 Å². The number of nitrogens with one attached hydrogen (secondary N) is 2. The number of hydroxylamine groups is 1. The largest absolute Gasteiger partial charge is 0.419 e. The van der Waals surface area contributed by atoms with Gasteiger partial charge in [-0.1, -0.05) is 0 Å². The summed E-state index contributed by atoms with van der Waals surface area (Å²) in [4.78, 5) is 15.2. The maximum atomic E-state index is 13.4. The van der Waals surface area contributed by atoms with Gasteiger partial charge in [-0.25, -0.2) is 22.4 Å². The molecule has 0 aliphatic heterocycles. The first kappa shape index (κ1) is 25.5. The molecule has 1 aromatic carbocycles. The summed E-state index contributed by atoms with van der Waals surface area (Å²) in [5.41, 5.74) is -0.268. The number of benzene rings is 1. The van der Waals surface area contributed by atoms with Crippen molar-refractivity contribution in [3.63, 3.8) is 0 Å². The molecule has 0 bridgehead atoms. The van der Waals surface area contributed by atoms with E-state index in [1.54, 1.807) is 5.48 Å². The zero-order valence-electron chi connectivity index (χ0n) is 16.3. The number of alkyl halides is 3. The van der Waals surface area contributed by atoms with Gasteiger partial charge in [0, 0.05) is 18.6 Å². The summed E-state index contributed by atoms with van der Waals surface area (Å²) < 4.78 is 78.7. The normalized spacial score (nSPS) is 12.6. The lowest BCUT2D eigenvalue weighted by Gasteiger charge is -2.09. The summed E-state index contributed by atoms with van der Waals surface area (Å²) in [6.07, 6.45) is -3.60. The summed E-state index contributed by atoms with van der Waals surface area (Å²) in [5, 5.41) is 19.1. The smallest absolute Gasteiger partial charge is 0.355 e. The van der Waals surface area contributed by atoms with Crippen molar-refractivity contribution in [2.24, 2.45) is 4.99 Å². The van der Waals surface area contributed by atoms with E-state index in [0.29, 0.717) is 24.3 Å². The van der Waals surface area contributed by atoms with E-state index in [9.17, 15) is 36.0 Å². The van der Waals surface area contributed by atoms with Gasteiger partial charge in [-0.2, -0.15) is 13.2 Å². The number of thioether (sulfide) groups is 1. The second-order valence-electron chi connectivity index (χ2n) is 6.27. The number of amides is 1. The summed E-state index contributed by atoms with van der Waals surface area (Å²) in [7, 11) is -3.43. The second kappa shape index (κ2) is 10.7. The molecule has 176 valence electrons. The molecule has 2 aromatic rings. The van der Waals surface area contributed by atoms with E-state index in [1.165, 1.54) is 0 Å². The van der Waals surface area contributed by atoms with Crippen LogP contribution in [0.4, 0.5) is 23.2 Å². The minimum absolute atomic E-state index is 0.114. The molecule has 1 heterocycles. The Bertz CT molecular complexity index is 1090. The average Bonchev–Trinajstić information content (AvgIpc) is 3.13. The Morgan fingerprint density at radius 1 is 1.31 bits per heavy atom. The lowest BCUT2D eigenvalue weighted by Crippen LogP contribution is -2.30. The van der Waals surface area contributed by atoms with Gasteiger partial charge in [0.15, 0.2) is 26.4 Å². The van der Waals surface area contributed by atoms with Crippen LogP contribution in [0.25, 0.3) is 0 Å². The molecule has 0 saturated carbocycles. The number of amidine groups is 1. The molecule has 0 spiro atoms. The van der Waals surface area contributed by atoms with Gasteiger partial charge in [-0.3, -0.25) is 15.5 Å². The predicted molar refractivity (Wildman–Crippen MR) is 105 cm³/mol. The SMILES string of the molecule is CS(=O)(=O)CC(=O)NCCCSc1nonc1C(=Nc1ccc(F)c(C(F)(F)F)c1)NO. The van der Waals surface area contributed by atoms with Crippen LogP contribution in [0.15, 0.2) is 32.8 Å². The Hall–Kier alpha value is -2.72. The number of carbonyl (C=O) groups excluding carboxylic acids is 1. The van der Waals surface area contributed by atoms with Gasteiger partial charge in [0.05, 0.1) is 11.3 Å². The van der Waals surface area contributed by atoms with Crippen molar-refractivity contribution in [3.05, 3.63) is 35.3 Å². The average molecular weight is 499 g/mol. The molecule has 2 rings (SSSR count). The topological polar surface area (TPSA) is 147 Å². The molecular formula is C16H17F4N5O5S2. The Kier molecular flexibility index (Phi) is 8.57. The van der Waals surface area contributed by atoms with E-state index in [2.05, 4.69) is 25.3 Å². The van der Waals surface area contributed by atoms with Crippen LogP contribution in [-0.2, 0) is 20.8 Å². The number of sulfone groups is 1.